The van der Waals surface area contributed by atoms with Gasteiger partial charge in [-0.2, -0.15) is 0 Å². The highest BCUT2D eigenvalue weighted by atomic mass is 16.4. The molecule has 404 valence electrons. The number of unbranched alkanes of at least 4 members (excludes halogenated alkanes) is 33. The predicted octanol–water partition coefficient (Wildman–Crippen LogP) is 16.8. The number of carboxylic acid groups (broad SMARTS) is 3. The monoisotopic (exact) mass is 975 g/mol. The van der Waals surface area contributed by atoms with Crippen LogP contribution in [0.1, 0.15) is 295 Å². The first-order valence-electron chi connectivity index (χ1n) is 29.1. The Hall–Kier alpha value is -2.49. The molecule has 0 spiro atoms. The summed E-state index contributed by atoms with van der Waals surface area (Å²) in [6, 6.07) is 0. The van der Waals surface area contributed by atoms with Gasteiger partial charge in [-0.15, -0.1) is 0 Å². The van der Waals surface area contributed by atoms with E-state index in [4.69, 9.17) is 15.3 Å². The third-order valence-corrected chi connectivity index (χ3v) is 14.9. The topological polar surface area (TPSA) is 173 Å². The van der Waals surface area contributed by atoms with E-state index in [2.05, 4.69) is 36.5 Å². The Balaban J connectivity index is 4.98. The van der Waals surface area contributed by atoms with Crippen LogP contribution in [0.3, 0.4) is 0 Å². The van der Waals surface area contributed by atoms with Crippen LogP contribution in [-0.4, -0.2) is 68.4 Å². The zero-order valence-electron chi connectivity index (χ0n) is 44.5. The van der Waals surface area contributed by atoms with E-state index in [1.54, 1.807) is 0 Å². The van der Waals surface area contributed by atoms with Crippen molar-refractivity contribution in [3.8, 4) is 0 Å². The van der Waals surface area contributed by atoms with Crippen LogP contribution < -0.4 is 0 Å². The molecular weight excluding hydrogens is 865 g/mol. The van der Waals surface area contributed by atoms with E-state index in [1.165, 1.54) is 135 Å². The van der Waals surface area contributed by atoms with Crippen molar-refractivity contribution < 1.29 is 45.0 Å². The van der Waals surface area contributed by atoms with Crippen molar-refractivity contribution in [1.82, 2.24) is 0 Å². The summed E-state index contributed by atoms with van der Waals surface area (Å²) in [5, 5.41) is 58.7. The zero-order chi connectivity index (χ0) is 50.6. The lowest BCUT2D eigenvalue weighted by molar-refractivity contribution is -0.138. The van der Waals surface area contributed by atoms with Crippen molar-refractivity contribution >= 4 is 17.9 Å². The first-order valence-corrected chi connectivity index (χ1v) is 29.1. The minimum Gasteiger partial charge on any atom is -0.481 e. The minimum absolute atomic E-state index is 0.0159. The number of aliphatic carboxylic acids is 3. The van der Waals surface area contributed by atoms with Gasteiger partial charge in [0.15, 0.2) is 0 Å². The quantitative estimate of drug-likeness (QED) is 0.0256. The van der Waals surface area contributed by atoms with Crippen LogP contribution in [0.5, 0.6) is 0 Å². The molecule has 0 aliphatic heterocycles. The Morgan fingerprint density at radius 2 is 0.464 bits per heavy atom. The van der Waals surface area contributed by atoms with Crippen molar-refractivity contribution in [1.29, 1.82) is 0 Å². The van der Waals surface area contributed by atoms with Crippen LogP contribution in [-0.2, 0) is 14.4 Å². The SMILES string of the molecule is O=C(O)CCCCCCC/C=C\CCCCCCCCC(CCCCCCCC/C=C\CCCCCCCC(=O)O)(CCCCCCCC/C=C\CCCCCCCC(=O)O)C(CO)(CO)CCO. The fraction of sp³-hybridized carbons (Fsp3) is 0.850. The Bertz CT molecular complexity index is 1110. The molecule has 0 unspecified atom stereocenters. The van der Waals surface area contributed by atoms with Gasteiger partial charge >= 0.3 is 17.9 Å². The van der Waals surface area contributed by atoms with E-state index in [-0.39, 0.29) is 44.5 Å². The molecule has 0 saturated heterocycles. The van der Waals surface area contributed by atoms with Crippen molar-refractivity contribution in [2.75, 3.05) is 19.8 Å². The van der Waals surface area contributed by atoms with Crippen molar-refractivity contribution in [2.45, 2.75) is 295 Å². The lowest BCUT2D eigenvalue weighted by Crippen LogP contribution is -2.48. The summed E-state index contributed by atoms with van der Waals surface area (Å²) in [5.74, 6) is -2.08. The second-order valence-electron chi connectivity index (χ2n) is 20.8. The number of hydrogen-bond donors (Lipinski definition) is 6. The molecule has 0 aromatic carbocycles. The van der Waals surface area contributed by atoms with Gasteiger partial charge in [0.2, 0.25) is 0 Å². The van der Waals surface area contributed by atoms with E-state index in [1.807, 2.05) is 0 Å². The molecule has 0 atom stereocenters. The second kappa shape index (κ2) is 50.5. The molecule has 9 nitrogen and oxygen atoms in total. The first kappa shape index (κ1) is 66.5. The molecule has 0 aliphatic rings. The molecule has 69 heavy (non-hydrogen) atoms. The summed E-state index contributed by atoms with van der Waals surface area (Å²) in [7, 11) is 0. The van der Waals surface area contributed by atoms with Gasteiger partial charge in [-0.3, -0.25) is 14.4 Å². The molecule has 6 N–H and O–H groups in total. The number of rotatable bonds is 56. The molecule has 0 aromatic rings. The molecule has 0 amide bonds. The van der Waals surface area contributed by atoms with E-state index in [0.717, 1.165) is 135 Å². The standard InChI is InChI=1S/C60H110O9/c61-53-52-60(54-62,55-63)59(49-43-37-31-25-19-13-7-1-4-10-16-22-28-34-40-46-56(64)65,50-44-38-32-26-20-14-8-2-5-11-17-23-29-35-41-47-57(66)67)51-45-39-33-27-21-15-9-3-6-12-18-24-30-36-42-48-58(68)69/h1-6,61-63H,7-55H2,(H,64,65)(H,66,67)(H,68,69)/b4-1-,5-2-,6-3-. The van der Waals surface area contributed by atoms with Crippen molar-refractivity contribution in [3.63, 3.8) is 0 Å². The predicted molar refractivity (Wildman–Crippen MR) is 289 cm³/mol. The molecule has 0 rings (SSSR count). The summed E-state index contributed by atoms with van der Waals surface area (Å²) < 4.78 is 0. The van der Waals surface area contributed by atoms with Gasteiger partial charge in [-0.25, -0.2) is 0 Å². The number of hydrogen-bond acceptors (Lipinski definition) is 6. The maximum absolute atomic E-state index is 11.1. The third kappa shape index (κ3) is 41.8. The van der Waals surface area contributed by atoms with E-state index in [9.17, 15) is 29.7 Å². The Morgan fingerprint density at radius 3 is 0.667 bits per heavy atom. The first-order chi connectivity index (χ1) is 33.7. The smallest absolute Gasteiger partial charge is 0.303 e. The zero-order valence-corrected chi connectivity index (χ0v) is 44.5. The van der Waals surface area contributed by atoms with Gasteiger partial charge in [0.1, 0.15) is 0 Å². The minimum atomic E-state index is -0.693. The molecule has 0 aromatic heterocycles. The maximum Gasteiger partial charge on any atom is 0.303 e. The second-order valence-corrected chi connectivity index (χ2v) is 20.8. The number of carbonyl (C=O) groups is 3. The lowest BCUT2D eigenvalue weighted by atomic mass is 9.55. The van der Waals surface area contributed by atoms with Crippen LogP contribution in [0.2, 0.25) is 0 Å². The number of carboxylic acids is 3. The van der Waals surface area contributed by atoms with Crippen molar-refractivity contribution in [3.05, 3.63) is 36.5 Å². The Kier molecular flexibility index (Phi) is 48.6. The van der Waals surface area contributed by atoms with Crippen LogP contribution in [0.4, 0.5) is 0 Å². The van der Waals surface area contributed by atoms with Gasteiger partial charge in [-0.05, 0) is 127 Å². The van der Waals surface area contributed by atoms with Crippen molar-refractivity contribution in [2.24, 2.45) is 10.8 Å². The number of aliphatic hydroxyl groups is 3. The van der Waals surface area contributed by atoms with Gasteiger partial charge in [0, 0.05) is 31.3 Å². The third-order valence-electron chi connectivity index (χ3n) is 14.9. The molecule has 0 aliphatic carbocycles. The molecule has 0 radical (unpaired) electrons. The molecule has 0 heterocycles. The van der Waals surface area contributed by atoms with Gasteiger partial charge < -0.3 is 30.6 Å². The van der Waals surface area contributed by atoms with E-state index >= 15 is 0 Å². The normalized spacial score (nSPS) is 12.4. The average Bonchev–Trinajstić information content (AvgIpc) is 3.33. The summed E-state index contributed by atoms with van der Waals surface area (Å²) in [6.45, 7) is -0.173. The summed E-state index contributed by atoms with van der Waals surface area (Å²) in [4.78, 5) is 32.0. The fourth-order valence-electron chi connectivity index (χ4n) is 10.4. The van der Waals surface area contributed by atoms with E-state index < -0.39 is 23.3 Å². The Labute approximate surface area is 423 Å². The van der Waals surface area contributed by atoms with E-state index in [0.29, 0.717) is 6.42 Å². The number of aliphatic hydroxyl groups excluding tert-OH is 3. The largest absolute Gasteiger partial charge is 0.481 e. The summed E-state index contributed by atoms with van der Waals surface area (Å²) in [5.41, 5.74) is -0.858. The molecule has 0 saturated carbocycles. The molecule has 0 fully saturated rings. The maximum atomic E-state index is 11.1. The Morgan fingerprint density at radius 1 is 0.261 bits per heavy atom. The average molecular weight is 976 g/mol. The number of allylic oxidation sites excluding steroid dienone is 6. The summed E-state index contributed by atoms with van der Waals surface area (Å²) >= 11 is 0. The highest BCUT2D eigenvalue weighted by Crippen LogP contribution is 2.53. The highest BCUT2D eigenvalue weighted by Gasteiger charge is 2.48. The molecular formula is C60H110O9. The molecule has 0 bridgehead atoms. The van der Waals surface area contributed by atoms with Crippen LogP contribution in [0.15, 0.2) is 36.5 Å². The van der Waals surface area contributed by atoms with Crippen LogP contribution in [0, 0.1) is 10.8 Å². The van der Waals surface area contributed by atoms with Gasteiger partial charge in [-0.1, -0.05) is 191 Å². The molecule has 9 heteroatoms. The van der Waals surface area contributed by atoms with Gasteiger partial charge in [0.25, 0.3) is 0 Å². The lowest BCUT2D eigenvalue weighted by Gasteiger charge is -2.50. The van der Waals surface area contributed by atoms with Crippen LogP contribution in [0.25, 0.3) is 0 Å². The van der Waals surface area contributed by atoms with Gasteiger partial charge in [0.05, 0.1) is 13.2 Å². The van der Waals surface area contributed by atoms with Crippen LogP contribution >= 0.6 is 0 Å². The summed E-state index contributed by atoms with van der Waals surface area (Å²) in [6.07, 6.45) is 62.4. The highest BCUT2D eigenvalue weighted by molar-refractivity contribution is 5.67. The fourth-order valence-corrected chi connectivity index (χ4v) is 10.4.